The molecule has 1 aliphatic rings. The van der Waals surface area contributed by atoms with Gasteiger partial charge in [0.25, 0.3) is 0 Å². The fraction of sp³-hybridized carbons (Fsp3) is 0.520. The quantitative estimate of drug-likeness (QED) is 0.553. The topological polar surface area (TPSA) is 60.2 Å². The summed E-state index contributed by atoms with van der Waals surface area (Å²) >= 11 is 6.18. The zero-order valence-electron chi connectivity index (χ0n) is 19.9. The number of piperazine rings is 1. The molecule has 1 saturated heterocycles. The number of methoxy groups -OCH3 is 2. The molecule has 7 heteroatoms. The lowest BCUT2D eigenvalue weighted by Crippen LogP contribution is -2.47. The van der Waals surface area contributed by atoms with Crippen molar-refractivity contribution in [3.05, 3.63) is 52.0 Å². The van der Waals surface area contributed by atoms with E-state index in [9.17, 15) is 0 Å². The van der Waals surface area contributed by atoms with Gasteiger partial charge >= 0.3 is 0 Å². The van der Waals surface area contributed by atoms with E-state index in [0.717, 1.165) is 48.9 Å². The van der Waals surface area contributed by atoms with Gasteiger partial charge in [0, 0.05) is 57.5 Å². The summed E-state index contributed by atoms with van der Waals surface area (Å²) in [6.45, 7) is 11.0. The Morgan fingerprint density at radius 2 is 1.72 bits per heavy atom. The molecule has 0 radical (unpaired) electrons. The highest BCUT2D eigenvalue weighted by molar-refractivity contribution is 6.32. The highest BCUT2D eigenvalue weighted by atomic mass is 35.5. The highest BCUT2D eigenvalue weighted by Crippen LogP contribution is 2.33. The molecule has 6 nitrogen and oxygen atoms in total. The van der Waals surface area contributed by atoms with E-state index in [1.165, 1.54) is 11.1 Å². The summed E-state index contributed by atoms with van der Waals surface area (Å²) in [5.41, 5.74) is 10.6. The second-order valence-electron chi connectivity index (χ2n) is 8.28. The van der Waals surface area contributed by atoms with Gasteiger partial charge in [0.1, 0.15) is 11.5 Å². The number of ether oxygens (including phenoxy) is 3. The Hall–Kier alpha value is -1.99. The second-order valence-corrected chi connectivity index (χ2v) is 8.69. The fourth-order valence-electron chi connectivity index (χ4n) is 4.31. The van der Waals surface area contributed by atoms with Crippen LogP contribution < -0.4 is 20.1 Å². The molecule has 0 spiro atoms. The van der Waals surface area contributed by atoms with Crippen LogP contribution in [0.4, 0.5) is 5.69 Å². The van der Waals surface area contributed by atoms with Crippen LogP contribution in [0.2, 0.25) is 5.02 Å². The van der Waals surface area contributed by atoms with Crippen molar-refractivity contribution >= 4 is 17.3 Å². The van der Waals surface area contributed by atoms with Crippen molar-refractivity contribution in [2.45, 2.75) is 39.5 Å². The average molecular weight is 462 g/mol. The lowest BCUT2D eigenvalue weighted by atomic mass is 9.96. The normalized spacial score (nSPS) is 16.7. The molecule has 3 rings (SSSR count). The molecule has 0 bridgehead atoms. The third kappa shape index (κ3) is 5.49. The van der Waals surface area contributed by atoms with Crippen LogP contribution in [0.3, 0.4) is 0 Å². The van der Waals surface area contributed by atoms with Crippen molar-refractivity contribution in [2.75, 3.05) is 51.8 Å². The summed E-state index contributed by atoms with van der Waals surface area (Å²) in [7, 11) is 3.30. The van der Waals surface area contributed by atoms with Crippen LogP contribution in [0.5, 0.6) is 11.5 Å². The number of nitrogens with zero attached hydrogens (tertiary/aromatic N) is 2. The SMILES string of the molecule is COc1cc(N2CCN(C(C)c3ccc(OC(CCN)OC)c(C)c3C)CC2)ccc1Cl. The van der Waals surface area contributed by atoms with Crippen LogP contribution in [-0.2, 0) is 4.74 Å². The summed E-state index contributed by atoms with van der Waals surface area (Å²) < 4.78 is 16.8. The third-order valence-corrected chi connectivity index (χ3v) is 6.83. The summed E-state index contributed by atoms with van der Waals surface area (Å²) in [4.78, 5) is 4.93. The van der Waals surface area contributed by atoms with Crippen molar-refractivity contribution in [1.82, 2.24) is 4.90 Å². The molecule has 32 heavy (non-hydrogen) atoms. The van der Waals surface area contributed by atoms with Crippen molar-refractivity contribution in [3.8, 4) is 11.5 Å². The van der Waals surface area contributed by atoms with Gasteiger partial charge in [-0.3, -0.25) is 4.90 Å². The molecule has 2 atom stereocenters. The first kappa shape index (κ1) is 24.6. The van der Waals surface area contributed by atoms with Crippen molar-refractivity contribution in [2.24, 2.45) is 5.73 Å². The predicted octanol–water partition coefficient (Wildman–Crippen LogP) is 4.55. The number of benzene rings is 2. The number of hydrogen-bond acceptors (Lipinski definition) is 6. The first-order valence-corrected chi connectivity index (χ1v) is 11.6. The molecule has 1 heterocycles. The zero-order valence-corrected chi connectivity index (χ0v) is 20.6. The summed E-state index contributed by atoms with van der Waals surface area (Å²) in [6, 6.07) is 10.6. The summed E-state index contributed by atoms with van der Waals surface area (Å²) in [6.07, 6.45) is 0.345. The van der Waals surface area contributed by atoms with Gasteiger partial charge in [-0.2, -0.15) is 0 Å². The summed E-state index contributed by atoms with van der Waals surface area (Å²) in [5.74, 6) is 1.58. The number of anilines is 1. The standard InChI is InChI=1S/C25H36ClN3O3/c1-17-18(2)23(32-25(31-5)10-11-27)9-7-21(17)19(3)28-12-14-29(15-13-28)20-6-8-22(26)24(16-20)30-4/h6-9,16,19,25H,10-15,27H2,1-5H3. The Bertz CT molecular complexity index is 900. The summed E-state index contributed by atoms with van der Waals surface area (Å²) in [5, 5.41) is 0.640. The van der Waals surface area contributed by atoms with Gasteiger partial charge in [0.2, 0.25) is 6.29 Å². The molecule has 176 valence electrons. The Balaban J connectivity index is 1.67. The fourth-order valence-corrected chi connectivity index (χ4v) is 4.50. The van der Waals surface area contributed by atoms with Crippen LogP contribution in [0.1, 0.15) is 36.1 Å². The number of nitrogens with two attached hydrogens (primary N) is 1. The zero-order chi connectivity index (χ0) is 23.3. The number of rotatable bonds is 9. The molecule has 1 fully saturated rings. The molecule has 2 aromatic rings. The lowest BCUT2D eigenvalue weighted by Gasteiger charge is -2.40. The molecule has 0 aliphatic carbocycles. The van der Waals surface area contributed by atoms with Crippen LogP contribution in [-0.4, -0.2) is 58.1 Å². The molecule has 0 aromatic heterocycles. The minimum absolute atomic E-state index is 0.319. The molecule has 1 aliphatic heterocycles. The van der Waals surface area contributed by atoms with Gasteiger partial charge in [-0.15, -0.1) is 0 Å². The minimum atomic E-state index is -0.319. The Kier molecular flexibility index (Phi) is 8.65. The van der Waals surface area contributed by atoms with Crippen molar-refractivity contribution in [3.63, 3.8) is 0 Å². The first-order chi connectivity index (χ1) is 15.4. The first-order valence-electron chi connectivity index (χ1n) is 11.2. The highest BCUT2D eigenvalue weighted by Gasteiger charge is 2.25. The Morgan fingerprint density at radius 1 is 1.00 bits per heavy atom. The molecule has 2 aromatic carbocycles. The molecule has 0 saturated carbocycles. The van der Waals surface area contributed by atoms with E-state index in [4.69, 9.17) is 31.5 Å². The maximum Gasteiger partial charge on any atom is 0.200 e. The van der Waals surface area contributed by atoms with E-state index in [2.05, 4.69) is 48.8 Å². The van der Waals surface area contributed by atoms with Gasteiger partial charge in [-0.1, -0.05) is 17.7 Å². The maximum atomic E-state index is 6.18. The molecular formula is C25H36ClN3O3. The maximum absolute atomic E-state index is 6.18. The Labute approximate surface area is 197 Å². The minimum Gasteiger partial charge on any atom is -0.495 e. The predicted molar refractivity (Wildman–Crippen MR) is 131 cm³/mol. The van der Waals surface area contributed by atoms with Gasteiger partial charge in [-0.05, 0) is 62.2 Å². The molecular weight excluding hydrogens is 426 g/mol. The van der Waals surface area contributed by atoms with Crippen molar-refractivity contribution < 1.29 is 14.2 Å². The van der Waals surface area contributed by atoms with Gasteiger partial charge in [0.15, 0.2) is 0 Å². The van der Waals surface area contributed by atoms with Gasteiger partial charge in [0.05, 0.1) is 12.1 Å². The number of hydrogen-bond donors (Lipinski definition) is 1. The van der Waals surface area contributed by atoms with Crippen LogP contribution >= 0.6 is 11.6 Å². The van der Waals surface area contributed by atoms with Gasteiger partial charge in [-0.25, -0.2) is 0 Å². The van der Waals surface area contributed by atoms with E-state index >= 15 is 0 Å². The van der Waals surface area contributed by atoms with E-state index < -0.39 is 0 Å². The van der Waals surface area contributed by atoms with Crippen molar-refractivity contribution in [1.29, 1.82) is 0 Å². The van der Waals surface area contributed by atoms with E-state index in [1.807, 2.05) is 12.1 Å². The second kappa shape index (κ2) is 11.2. The lowest BCUT2D eigenvalue weighted by molar-refractivity contribution is -0.0567. The largest absolute Gasteiger partial charge is 0.495 e. The monoisotopic (exact) mass is 461 g/mol. The van der Waals surface area contributed by atoms with Gasteiger partial charge < -0.3 is 24.8 Å². The molecule has 2 unspecified atom stereocenters. The van der Waals surface area contributed by atoms with Crippen LogP contribution in [0, 0.1) is 13.8 Å². The molecule has 2 N–H and O–H groups in total. The van der Waals surface area contributed by atoms with E-state index in [1.54, 1.807) is 14.2 Å². The Morgan fingerprint density at radius 3 is 2.34 bits per heavy atom. The average Bonchev–Trinajstić information content (AvgIpc) is 2.81. The number of halogens is 1. The third-order valence-electron chi connectivity index (χ3n) is 6.51. The van der Waals surface area contributed by atoms with E-state index in [0.29, 0.717) is 24.0 Å². The van der Waals surface area contributed by atoms with Crippen LogP contribution in [0.25, 0.3) is 0 Å². The van der Waals surface area contributed by atoms with Crippen LogP contribution in [0.15, 0.2) is 30.3 Å². The smallest absolute Gasteiger partial charge is 0.200 e. The molecule has 0 amide bonds. The van der Waals surface area contributed by atoms with E-state index in [-0.39, 0.29) is 6.29 Å².